The molecule has 0 aliphatic carbocycles. The molecule has 37 heteroatoms. The third kappa shape index (κ3) is 57.7. The van der Waals surface area contributed by atoms with Crippen LogP contribution in [0.2, 0.25) is 18.1 Å². The predicted molar refractivity (Wildman–Crippen MR) is 357 cm³/mol. The summed E-state index contributed by atoms with van der Waals surface area (Å²) in [6.45, 7) is 24.1. The topological polar surface area (TPSA) is 257 Å². The number of carbonyl (C=O) groups is 9. The third-order valence-electron chi connectivity index (χ3n) is 8.39. The van der Waals surface area contributed by atoms with Crippen molar-refractivity contribution in [3.8, 4) is 0 Å². The number of hydrogen-bond donors (Lipinski definition) is 1. The van der Waals surface area contributed by atoms with Crippen LogP contribution in [-0.4, -0.2) is 131 Å². The Labute approximate surface area is 608 Å². The molecule has 481 valence electrons. The maximum Gasteiger partial charge on any atom is 1.00 e. The molecule has 2 atom stereocenters. The fraction of sp³-hybridized carbons (Fsp3) is 0.490. The van der Waals surface area contributed by atoms with Gasteiger partial charge in [0.1, 0.15) is 0 Å². The van der Waals surface area contributed by atoms with Gasteiger partial charge in [-0.05, 0) is 182 Å². The van der Waals surface area contributed by atoms with Gasteiger partial charge in [0.15, 0.2) is 20.5 Å². The van der Waals surface area contributed by atoms with E-state index >= 15 is 0 Å². The van der Waals surface area contributed by atoms with Crippen LogP contribution in [0.25, 0.3) is 0 Å². The first-order chi connectivity index (χ1) is 39.5. The first kappa shape index (κ1) is 96.9. The van der Waals surface area contributed by atoms with Crippen molar-refractivity contribution in [1.82, 2.24) is 0 Å². The number of aliphatic hydroxyl groups excluding tert-OH is 1. The van der Waals surface area contributed by atoms with E-state index in [0.717, 1.165) is 43.3 Å². The summed E-state index contributed by atoms with van der Waals surface area (Å²) < 4.78 is 37.3. The average Bonchev–Trinajstić information content (AvgIpc) is 3.51. The summed E-state index contributed by atoms with van der Waals surface area (Å²) in [4.78, 5) is 104. The van der Waals surface area contributed by atoms with E-state index in [2.05, 4.69) is 134 Å². The zero-order chi connectivity index (χ0) is 66.9. The number of halogens is 10. The van der Waals surface area contributed by atoms with Crippen molar-refractivity contribution in [1.29, 1.82) is 0 Å². The Bertz CT molecular complexity index is 2470. The fourth-order valence-corrected chi connectivity index (χ4v) is 10.4. The number of ether oxygens (including phenoxy) is 5. The number of aliphatic hydroxyl groups is 1. The monoisotopic (exact) mass is 1700 g/mol. The molecule has 1 aliphatic rings. The minimum Gasteiger partial charge on any atom is -0.793 e. The zero-order valence-corrected chi connectivity index (χ0v) is 67.4. The van der Waals surface area contributed by atoms with Gasteiger partial charge in [0.25, 0.3) is 5.78 Å². The summed E-state index contributed by atoms with van der Waals surface area (Å²) in [5.41, 5.74) is 0. The van der Waals surface area contributed by atoms with Crippen LogP contribution >= 0.6 is 174 Å². The molecule has 2 unspecified atom stereocenters. The van der Waals surface area contributed by atoms with Crippen LogP contribution in [0.15, 0.2) is 69.1 Å². The second-order valence-corrected chi connectivity index (χ2v) is 38.1. The number of alkyl halides is 2. The van der Waals surface area contributed by atoms with Crippen molar-refractivity contribution < 1.29 is 120 Å². The number of ketones is 1. The quantitative estimate of drug-likeness (QED) is 0.0150. The number of esters is 4. The number of carbonyl (C=O) groups excluding carboxylic acids is 9. The van der Waals surface area contributed by atoms with Crippen LogP contribution in [0.1, 0.15) is 114 Å². The Morgan fingerprint density at radius 3 is 1.33 bits per heavy atom. The van der Waals surface area contributed by atoms with Gasteiger partial charge in [0, 0.05) is 43.7 Å². The Kier molecular flexibility index (Phi) is 67.3. The maximum atomic E-state index is 12.2. The molecule has 1 saturated heterocycles. The minimum absolute atomic E-state index is 0. The van der Waals surface area contributed by atoms with Crippen LogP contribution in [0.4, 0.5) is 0 Å². The van der Waals surface area contributed by atoms with Crippen molar-refractivity contribution in [3.05, 3.63) is 83.7 Å². The largest absolute Gasteiger partial charge is 1.00 e. The average molecular weight is 1710 g/mol. The number of Topliss-reactive ketones (excluding diaryl/α,β-unsaturated/α-hetero) is 1. The van der Waals surface area contributed by atoms with Crippen LogP contribution in [0.5, 0.6) is 0 Å². The van der Waals surface area contributed by atoms with Gasteiger partial charge >= 0.3 is 82.0 Å². The predicted octanol–water partition coefficient (Wildman–Crippen LogP) is 12.9. The molecule has 0 bridgehead atoms. The first-order valence-electron chi connectivity index (χ1n) is 24.1. The van der Waals surface area contributed by atoms with Gasteiger partial charge in [-0.15, -0.1) is 68.5 Å². The molecule has 1 fully saturated rings. The summed E-state index contributed by atoms with van der Waals surface area (Å²) in [5, 5.41) is 10.6. The summed E-state index contributed by atoms with van der Waals surface area (Å²) in [7, 11) is 17.1. The molecule has 86 heavy (non-hydrogen) atoms. The van der Waals surface area contributed by atoms with Gasteiger partial charge < -0.3 is 45.9 Å². The molecular weight excluding hydrogens is 1640 g/mol. The molecule has 19 nitrogen and oxygen atoms in total. The number of thiophene rings is 4. The van der Waals surface area contributed by atoms with Crippen molar-refractivity contribution in [2.45, 2.75) is 112 Å². The van der Waals surface area contributed by atoms with Crippen LogP contribution in [0, 0.1) is 0 Å². The standard InChI is InChI=1S/C14H23BrO3SSi.C8H9BrO3S.C8H7BrO3S.C4H3BrS.C4H5ClO3.C4H6O4.C4H8O.C2H3BO2.CH2Cl2.Al.3ClH.Na/c1-7-17-13(16)12(10-8-9-11(15)19-10)18-20(5,6)14(2,3)4;2*1-2-12-8(11)7(10)5-3-4-6(9)13-5;5-4-2-1-3-6-4;1-2-8-4(7)3(5)6;1-3(5)7-8-4(2)6;1-2-4-5-3-1;1-2(4)5-3;2-1-3;;;;;/h8-9,12H,7H2,1-6H3;3-4,7,10H,2H2,1H3;3-4H,2H2,1H3;1-3H;2H2,1H3;1-2H3;1-4H2;1H3;1H2;;3*1H;/q;;;;;;;-1;;+3;;;;+1/p-3. The molecule has 4 aromatic heterocycles. The Balaban J connectivity index is -0.000000217. The SMILES string of the molecule is Brc1cccs1.C1CCOC1.CC(=O)OOC(C)=O.CCOC(=O)C(=O)Cl.CCOC(=O)C(=O)c1ccc(Br)s1.CCOC(=O)C(O)c1ccc(Br)s1.CCOC(=O)C(O[Si](C)(C)C(C)(C)C)c1ccc(Br)s1.ClCCl.[B-]OC(C)=O.[Cl][Al]([Cl])[Cl].[Na+]. The summed E-state index contributed by atoms with van der Waals surface area (Å²) in [6.07, 6.45) is 0.781. The molecule has 3 radical (unpaired) electrons. The first-order valence-corrected chi connectivity index (χ1v) is 40.2. The van der Waals surface area contributed by atoms with Crippen molar-refractivity contribution in [3.63, 3.8) is 0 Å². The number of hydrogen-bond acceptors (Lipinski definition) is 23. The van der Waals surface area contributed by atoms with Gasteiger partial charge in [-0.25, -0.2) is 68.7 Å². The third-order valence-corrected chi connectivity index (χ3v) is 19.4. The minimum atomic E-state index is -2.04. The molecule has 0 saturated carbocycles. The van der Waals surface area contributed by atoms with Crippen LogP contribution in [0.3, 0.4) is 0 Å². The second-order valence-electron chi connectivity index (χ2n) is 15.9. The van der Waals surface area contributed by atoms with Gasteiger partial charge in [0.2, 0.25) is 5.97 Å². The number of rotatable bonds is 13. The molecule has 5 rings (SSSR count). The van der Waals surface area contributed by atoms with E-state index in [-0.39, 0.29) is 65.7 Å². The van der Waals surface area contributed by atoms with E-state index in [4.69, 9.17) is 78.8 Å². The van der Waals surface area contributed by atoms with Gasteiger partial charge in [-0.1, -0.05) is 26.8 Å². The van der Waals surface area contributed by atoms with Crippen molar-refractivity contribution in [2.75, 3.05) is 45.0 Å². The Morgan fingerprint density at radius 2 is 1.06 bits per heavy atom. The van der Waals surface area contributed by atoms with Crippen molar-refractivity contribution in [2.24, 2.45) is 0 Å². The fourth-order valence-electron chi connectivity index (χ4n) is 4.00. The Hall–Kier alpha value is -0.216. The molecule has 0 spiro atoms. The van der Waals surface area contributed by atoms with E-state index < -0.39 is 78.8 Å². The second kappa shape index (κ2) is 59.8. The molecule has 5 heterocycles. The zero-order valence-electron chi connectivity index (χ0n) is 49.1. The van der Waals surface area contributed by atoms with Gasteiger partial charge in [-0.2, -0.15) is 0 Å². The molecule has 1 aliphatic heterocycles. The summed E-state index contributed by atoms with van der Waals surface area (Å²) >= 11 is 31.4. The van der Waals surface area contributed by atoms with Crippen molar-refractivity contribution >= 4 is 255 Å². The molecule has 0 aromatic carbocycles. The smallest absolute Gasteiger partial charge is 0.793 e. The van der Waals surface area contributed by atoms with E-state index in [0.29, 0.717) is 16.4 Å². The summed E-state index contributed by atoms with van der Waals surface area (Å²) in [6, 6.07) is 14.7. The molecule has 1 N–H and O–H groups in total. The van der Waals surface area contributed by atoms with E-state index in [1.54, 1.807) is 56.4 Å². The van der Waals surface area contributed by atoms with E-state index in [1.807, 2.05) is 36.6 Å². The van der Waals surface area contributed by atoms with Gasteiger partial charge in [-0.3, -0.25) is 14.4 Å². The van der Waals surface area contributed by atoms with Crippen LogP contribution in [-0.2, 0) is 80.9 Å². The molecular formula is C49H66AlBBr4Cl6NaO19S4Si. The van der Waals surface area contributed by atoms with Crippen LogP contribution < -0.4 is 29.6 Å². The van der Waals surface area contributed by atoms with E-state index in [9.17, 15) is 48.3 Å². The normalized spacial score (nSPS) is 11.1. The Morgan fingerprint density at radius 1 is 0.663 bits per heavy atom. The van der Waals surface area contributed by atoms with E-state index in [1.165, 1.54) is 57.6 Å². The van der Waals surface area contributed by atoms with Gasteiger partial charge in [0.05, 0.1) is 51.8 Å². The molecule has 0 amide bonds. The maximum absolute atomic E-state index is 12.2. The summed E-state index contributed by atoms with van der Waals surface area (Å²) in [5.74, 6) is -5.02. The molecule has 4 aromatic rings.